The zero-order valence-electron chi connectivity index (χ0n) is 14.6. The molecule has 8 heteroatoms. The molecule has 0 bridgehead atoms. The third-order valence-corrected chi connectivity index (χ3v) is 4.67. The molecule has 0 spiro atoms. The minimum atomic E-state index is 0.0529. The first kappa shape index (κ1) is 17.6. The van der Waals surface area contributed by atoms with E-state index >= 15 is 0 Å². The number of anilines is 1. The summed E-state index contributed by atoms with van der Waals surface area (Å²) in [4.78, 5) is 38.3. The maximum Gasteiger partial charge on any atom is 0.234 e. The van der Waals surface area contributed by atoms with Crippen molar-refractivity contribution in [3.63, 3.8) is 0 Å². The summed E-state index contributed by atoms with van der Waals surface area (Å²) in [5.41, 5.74) is 0. The molecule has 0 aromatic carbocycles. The number of amides is 2. The van der Waals surface area contributed by atoms with Crippen molar-refractivity contribution in [3.05, 3.63) is 18.5 Å². The summed E-state index contributed by atoms with van der Waals surface area (Å²) in [6, 6.07) is 1.81. The van der Waals surface area contributed by atoms with Crippen molar-refractivity contribution >= 4 is 17.8 Å². The van der Waals surface area contributed by atoms with Gasteiger partial charge in [0.2, 0.25) is 17.8 Å². The van der Waals surface area contributed by atoms with E-state index in [1.807, 2.05) is 11.0 Å². The molecule has 8 nitrogen and oxygen atoms in total. The fraction of sp³-hybridized carbons (Fsp3) is 0.647. The third-order valence-electron chi connectivity index (χ3n) is 4.67. The molecule has 2 fully saturated rings. The molecule has 2 amide bonds. The van der Waals surface area contributed by atoms with Crippen molar-refractivity contribution in [2.75, 3.05) is 57.3 Å². The Morgan fingerprint density at radius 3 is 2.56 bits per heavy atom. The molecule has 1 aromatic heterocycles. The number of carbonyl (C=O) groups excluding carboxylic acids is 2. The van der Waals surface area contributed by atoms with Crippen LogP contribution < -0.4 is 10.2 Å². The number of hydrogen-bond acceptors (Lipinski definition) is 6. The number of piperazine rings is 1. The molecule has 25 heavy (non-hydrogen) atoms. The van der Waals surface area contributed by atoms with Crippen molar-refractivity contribution in [2.24, 2.45) is 0 Å². The van der Waals surface area contributed by atoms with E-state index in [-0.39, 0.29) is 11.8 Å². The molecule has 0 unspecified atom stereocenters. The van der Waals surface area contributed by atoms with Crippen LogP contribution in [-0.4, -0.2) is 83.9 Å². The second-order valence-electron chi connectivity index (χ2n) is 6.50. The molecule has 3 rings (SSSR count). The Balaban J connectivity index is 1.29. The molecule has 3 heterocycles. The highest BCUT2D eigenvalue weighted by atomic mass is 16.2. The molecule has 1 aromatic rings. The summed E-state index contributed by atoms with van der Waals surface area (Å²) in [5.74, 6) is 1.05. The molecule has 0 atom stereocenters. The maximum atomic E-state index is 12.1. The van der Waals surface area contributed by atoms with Gasteiger partial charge in [-0.1, -0.05) is 0 Å². The van der Waals surface area contributed by atoms with E-state index in [0.29, 0.717) is 19.5 Å². The van der Waals surface area contributed by atoms with Gasteiger partial charge in [-0.15, -0.1) is 0 Å². The smallest absolute Gasteiger partial charge is 0.234 e. The van der Waals surface area contributed by atoms with Crippen molar-refractivity contribution < 1.29 is 9.59 Å². The van der Waals surface area contributed by atoms with Gasteiger partial charge in [0.25, 0.3) is 0 Å². The summed E-state index contributed by atoms with van der Waals surface area (Å²) in [6.07, 6.45) is 5.95. The van der Waals surface area contributed by atoms with Crippen LogP contribution in [0.15, 0.2) is 18.5 Å². The number of nitrogens with zero attached hydrogens (tertiary/aromatic N) is 5. The van der Waals surface area contributed by atoms with Gasteiger partial charge in [0.05, 0.1) is 6.54 Å². The van der Waals surface area contributed by atoms with Gasteiger partial charge < -0.3 is 15.1 Å². The predicted octanol–water partition coefficient (Wildman–Crippen LogP) is -0.273. The average molecular weight is 346 g/mol. The highest BCUT2D eigenvalue weighted by Crippen LogP contribution is 2.10. The first-order valence-electron chi connectivity index (χ1n) is 9.01. The van der Waals surface area contributed by atoms with Crippen molar-refractivity contribution in [2.45, 2.75) is 19.3 Å². The topological polar surface area (TPSA) is 81.7 Å². The van der Waals surface area contributed by atoms with E-state index in [0.717, 1.165) is 58.1 Å². The molecular formula is C17H26N6O2. The van der Waals surface area contributed by atoms with Gasteiger partial charge in [-0.2, -0.15) is 0 Å². The lowest BCUT2D eigenvalue weighted by Gasteiger charge is -2.34. The van der Waals surface area contributed by atoms with Gasteiger partial charge in [0.15, 0.2) is 0 Å². The molecule has 2 saturated heterocycles. The predicted molar refractivity (Wildman–Crippen MR) is 94.1 cm³/mol. The molecule has 0 aliphatic carbocycles. The lowest BCUT2D eigenvalue weighted by Crippen LogP contribution is -2.50. The van der Waals surface area contributed by atoms with Crippen molar-refractivity contribution in [1.29, 1.82) is 0 Å². The van der Waals surface area contributed by atoms with E-state index in [1.165, 1.54) is 0 Å². The summed E-state index contributed by atoms with van der Waals surface area (Å²) in [7, 11) is 0. The van der Waals surface area contributed by atoms with Crippen molar-refractivity contribution in [1.82, 2.24) is 25.1 Å². The number of hydrogen-bond donors (Lipinski definition) is 1. The Bertz CT molecular complexity index is 574. The zero-order valence-corrected chi connectivity index (χ0v) is 14.6. The minimum Gasteiger partial charge on any atom is -0.355 e. The van der Waals surface area contributed by atoms with E-state index in [1.54, 1.807) is 12.4 Å². The molecule has 0 radical (unpaired) electrons. The second-order valence-corrected chi connectivity index (χ2v) is 6.50. The maximum absolute atomic E-state index is 12.1. The number of carbonyl (C=O) groups is 2. The SMILES string of the molecule is O=C(CN1CCN(c2ncccn2)CC1)NCCCN1CCCC1=O. The molecular weight excluding hydrogens is 320 g/mol. The Kier molecular flexibility index (Phi) is 6.16. The number of aromatic nitrogens is 2. The molecule has 1 N–H and O–H groups in total. The van der Waals surface area contributed by atoms with Gasteiger partial charge in [0, 0.05) is 64.6 Å². The lowest BCUT2D eigenvalue weighted by atomic mass is 10.3. The average Bonchev–Trinajstić information content (AvgIpc) is 3.05. The minimum absolute atomic E-state index is 0.0529. The van der Waals surface area contributed by atoms with Crippen LogP contribution in [0.1, 0.15) is 19.3 Å². The largest absolute Gasteiger partial charge is 0.355 e. The fourth-order valence-electron chi connectivity index (χ4n) is 3.26. The molecule has 2 aliphatic heterocycles. The van der Waals surface area contributed by atoms with E-state index in [9.17, 15) is 9.59 Å². The van der Waals surface area contributed by atoms with Gasteiger partial charge in [-0.05, 0) is 18.9 Å². The Hall–Kier alpha value is -2.22. The van der Waals surface area contributed by atoms with Crippen LogP contribution >= 0.6 is 0 Å². The number of likely N-dealkylation sites (tertiary alicyclic amines) is 1. The van der Waals surface area contributed by atoms with Crippen molar-refractivity contribution in [3.8, 4) is 0 Å². The van der Waals surface area contributed by atoms with Crippen LogP contribution in [0.25, 0.3) is 0 Å². The first-order valence-corrected chi connectivity index (χ1v) is 9.01. The third kappa shape index (κ3) is 5.12. The Labute approximate surface area is 148 Å². The van der Waals surface area contributed by atoms with E-state index in [2.05, 4.69) is 25.1 Å². The van der Waals surface area contributed by atoms with Crippen LogP contribution in [-0.2, 0) is 9.59 Å². The van der Waals surface area contributed by atoms with Gasteiger partial charge in [-0.25, -0.2) is 9.97 Å². The quantitative estimate of drug-likeness (QED) is 0.685. The van der Waals surface area contributed by atoms with Crippen LogP contribution in [0.4, 0.5) is 5.95 Å². The highest BCUT2D eigenvalue weighted by molar-refractivity contribution is 5.78. The normalized spacial score (nSPS) is 18.6. The number of nitrogens with one attached hydrogen (secondary N) is 1. The van der Waals surface area contributed by atoms with Crippen LogP contribution in [0.5, 0.6) is 0 Å². The van der Waals surface area contributed by atoms with Crippen LogP contribution in [0.3, 0.4) is 0 Å². The summed E-state index contributed by atoms with van der Waals surface area (Å²) in [6.45, 7) is 5.97. The number of rotatable bonds is 7. The second kappa shape index (κ2) is 8.75. The molecule has 2 aliphatic rings. The van der Waals surface area contributed by atoms with Gasteiger partial charge in [0.1, 0.15) is 0 Å². The fourth-order valence-corrected chi connectivity index (χ4v) is 3.26. The Morgan fingerprint density at radius 2 is 1.88 bits per heavy atom. The van der Waals surface area contributed by atoms with E-state index in [4.69, 9.17) is 0 Å². The Morgan fingerprint density at radius 1 is 1.12 bits per heavy atom. The van der Waals surface area contributed by atoms with Crippen LogP contribution in [0, 0.1) is 0 Å². The summed E-state index contributed by atoms with van der Waals surface area (Å²) in [5, 5.41) is 2.95. The lowest BCUT2D eigenvalue weighted by molar-refractivity contribution is -0.127. The zero-order chi connectivity index (χ0) is 17.5. The van der Waals surface area contributed by atoms with Crippen LogP contribution in [0.2, 0.25) is 0 Å². The first-order chi connectivity index (χ1) is 12.2. The van der Waals surface area contributed by atoms with E-state index < -0.39 is 0 Å². The summed E-state index contributed by atoms with van der Waals surface area (Å²) >= 11 is 0. The summed E-state index contributed by atoms with van der Waals surface area (Å²) < 4.78 is 0. The highest BCUT2D eigenvalue weighted by Gasteiger charge is 2.21. The van der Waals surface area contributed by atoms with Gasteiger partial charge in [-0.3, -0.25) is 14.5 Å². The monoisotopic (exact) mass is 346 g/mol. The standard InChI is InChI=1S/C17H26N6O2/c24-15(18-7-3-9-22-8-1-4-16(22)25)14-21-10-12-23(13-11-21)17-19-5-2-6-20-17/h2,5-6H,1,3-4,7-14H2,(H,18,24). The molecule has 136 valence electrons. The van der Waals surface area contributed by atoms with Gasteiger partial charge >= 0.3 is 0 Å². The molecule has 0 saturated carbocycles.